The fraction of sp³-hybridized carbons (Fsp3) is 0.357. The van der Waals surface area contributed by atoms with Crippen LogP contribution in [0.15, 0.2) is 53.3 Å². The molecule has 4 aliphatic rings. The summed E-state index contributed by atoms with van der Waals surface area (Å²) in [4.78, 5) is 27.4. The smallest absolute Gasteiger partial charge is 0.261 e. The van der Waals surface area contributed by atoms with Crippen molar-refractivity contribution in [3.05, 3.63) is 64.5 Å². The van der Waals surface area contributed by atoms with Crippen LogP contribution in [0.5, 0.6) is 0 Å². The van der Waals surface area contributed by atoms with Crippen molar-refractivity contribution in [3.63, 3.8) is 0 Å². The van der Waals surface area contributed by atoms with Crippen molar-refractivity contribution in [2.75, 3.05) is 38.0 Å². The Labute approximate surface area is 203 Å². The molecule has 7 nitrogen and oxygen atoms in total. The van der Waals surface area contributed by atoms with E-state index in [9.17, 15) is 4.79 Å². The summed E-state index contributed by atoms with van der Waals surface area (Å²) < 4.78 is 0. The van der Waals surface area contributed by atoms with Gasteiger partial charge in [0.1, 0.15) is 11.4 Å². The first-order valence-electron chi connectivity index (χ1n) is 12.8. The molecule has 1 atom stereocenters. The number of pyridine rings is 1. The lowest BCUT2D eigenvalue weighted by atomic mass is 9.83. The molecule has 2 aromatic carbocycles. The molecule has 4 aromatic rings. The van der Waals surface area contributed by atoms with Crippen LogP contribution in [-0.4, -0.2) is 58.6 Å². The Morgan fingerprint density at radius 2 is 1.91 bits per heavy atom. The highest BCUT2D eigenvalue weighted by Crippen LogP contribution is 2.37. The summed E-state index contributed by atoms with van der Waals surface area (Å²) in [7, 11) is 0. The van der Waals surface area contributed by atoms with E-state index in [0.29, 0.717) is 23.3 Å². The minimum Gasteiger partial charge on any atom is -0.379 e. The normalized spacial score (nSPS) is 24.1. The van der Waals surface area contributed by atoms with Gasteiger partial charge in [-0.3, -0.25) is 4.79 Å². The predicted molar refractivity (Wildman–Crippen MR) is 142 cm³/mol. The summed E-state index contributed by atoms with van der Waals surface area (Å²) in [5.41, 5.74) is 6.62. The maximum Gasteiger partial charge on any atom is 0.261 e. The number of hydrogen-bond acceptors (Lipinski definition) is 5. The summed E-state index contributed by atoms with van der Waals surface area (Å²) in [5, 5.41) is 8.33. The maximum absolute atomic E-state index is 13.5. The molecular weight excluding hydrogens is 436 g/mol. The molecule has 2 bridgehead atoms. The summed E-state index contributed by atoms with van der Waals surface area (Å²) in [6.45, 7) is 5.27. The number of nitrogens with one attached hydrogen (secondary N) is 4. The number of aromatic amines is 2. The monoisotopic (exact) mass is 466 g/mol. The zero-order valence-electron chi connectivity index (χ0n) is 19.7. The minimum atomic E-state index is -0.117. The van der Waals surface area contributed by atoms with E-state index < -0.39 is 0 Å². The van der Waals surface area contributed by atoms with E-state index in [1.165, 1.54) is 37.1 Å². The SMILES string of the molecule is O=c1[nH]c2ccc(C3=CCNCC3)cc2c(NC2CN3CCC2CC3)c1-c1nc2ccccc2[nH]1. The van der Waals surface area contributed by atoms with E-state index in [2.05, 4.69) is 49.8 Å². The highest BCUT2D eigenvalue weighted by Gasteiger charge is 2.35. The Balaban J connectivity index is 1.43. The van der Waals surface area contributed by atoms with Gasteiger partial charge in [-0.2, -0.15) is 0 Å². The number of benzene rings is 2. The van der Waals surface area contributed by atoms with Gasteiger partial charge in [0, 0.05) is 24.5 Å². The second-order valence-electron chi connectivity index (χ2n) is 10.1. The zero-order chi connectivity index (χ0) is 23.4. The Bertz CT molecular complexity index is 1470. The van der Waals surface area contributed by atoms with Crippen LogP contribution in [0.2, 0.25) is 0 Å². The molecule has 178 valence electrons. The predicted octanol–water partition coefficient (Wildman–Crippen LogP) is 3.95. The van der Waals surface area contributed by atoms with Crippen molar-refractivity contribution < 1.29 is 0 Å². The molecule has 1 unspecified atom stereocenters. The van der Waals surface area contributed by atoms with Gasteiger partial charge in [-0.1, -0.05) is 24.3 Å². The van der Waals surface area contributed by atoms with Crippen LogP contribution < -0.4 is 16.2 Å². The molecule has 6 heterocycles. The lowest BCUT2D eigenvalue weighted by Crippen LogP contribution is -2.53. The number of H-pyrrole nitrogens is 2. The first kappa shape index (κ1) is 20.9. The minimum absolute atomic E-state index is 0.117. The quantitative estimate of drug-likeness (QED) is 0.366. The first-order chi connectivity index (χ1) is 17.2. The van der Waals surface area contributed by atoms with Crippen LogP contribution in [0.1, 0.15) is 24.8 Å². The third-order valence-electron chi connectivity index (χ3n) is 8.06. The number of anilines is 1. The molecular formula is C28H30N6O. The van der Waals surface area contributed by atoms with Gasteiger partial charge < -0.3 is 25.5 Å². The molecule has 4 aliphatic heterocycles. The molecule has 7 heteroatoms. The standard InChI is InChI=1S/C28H30N6O/c35-28-25(27-31-22-3-1-2-4-23(22)32-27)26(30-24-16-34-13-9-18(24)10-14-34)20-15-19(5-6-21(20)33-28)17-7-11-29-12-8-17/h1-7,15,18,24,29H,8-14,16H2,(H,31,32)(H2,30,33,35). The molecule has 0 spiro atoms. The number of nitrogens with zero attached hydrogens (tertiary/aromatic N) is 2. The number of hydrogen-bond donors (Lipinski definition) is 4. The Morgan fingerprint density at radius 1 is 1.03 bits per heavy atom. The molecule has 0 aliphatic carbocycles. The lowest BCUT2D eigenvalue weighted by Gasteiger charge is -2.45. The van der Waals surface area contributed by atoms with Crippen LogP contribution in [0.3, 0.4) is 0 Å². The first-order valence-corrected chi connectivity index (χ1v) is 12.8. The van der Waals surface area contributed by atoms with Crippen LogP contribution in [0.25, 0.3) is 38.9 Å². The number of rotatable bonds is 4. The molecule has 0 saturated carbocycles. The fourth-order valence-corrected chi connectivity index (χ4v) is 6.14. The van der Waals surface area contributed by atoms with Crippen molar-refractivity contribution in [1.29, 1.82) is 0 Å². The van der Waals surface area contributed by atoms with Crippen LogP contribution in [0, 0.1) is 5.92 Å². The van der Waals surface area contributed by atoms with E-state index in [0.717, 1.165) is 53.7 Å². The fourth-order valence-electron chi connectivity index (χ4n) is 6.14. The Hall–Kier alpha value is -3.42. The van der Waals surface area contributed by atoms with E-state index >= 15 is 0 Å². The van der Waals surface area contributed by atoms with Gasteiger partial charge in [-0.15, -0.1) is 0 Å². The molecule has 2 aromatic heterocycles. The summed E-state index contributed by atoms with van der Waals surface area (Å²) >= 11 is 0. The Morgan fingerprint density at radius 3 is 2.69 bits per heavy atom. The van der Waals surface area contributed by atoms with E-state index in [-0.39, 0.29) is 5.56 Å². The summed E-state index contributed by atoms with van der Waals surface area (Å²) in [6, 6.07) is 14.7. The molecule has 3 saturated heterocycles. The second kappa shape index (κ2) is 8.36. The van der Waals surface area contributed by atoms with Gasteiger partial charge in [0.2, 0.25) is 0 Å². The van der Waals surface area contributed by atoms with Gasteiger partial charge in [0.25, 0.3) is 5.56 Å². The number of piperidine rings is 3. The Kier molecular flexibility index (Phi) is 4.99. The number of para-hydroxylation sites is 2. The van der Waals surface area contributed by atoms with E-state index in [1.807, 2.05) is 24.3 Å². The molecule has 4 N–H and O–H groups in total. The van der Waals surface area contributed by atoms with Crippen LogP contribution in [0.4, 0.5) is 5.69 Å². The van der Waals surface area contributed by atoms with Gasteiger partial charge in [0.15, 0.2) is 0 Å². The average molecular weight is 467 g/mol. The number of aromatic nitrogens is 3. The van der Waals surface area contributed by atoms with Crippen molar-refractivity contribution in [2.45, 2.75) is 25.3 Å². The molecule has 8 rings (SSSR count). The average Bonchev–Trinajstić information content (AvgIpc) is 3.33. The van der Waals surface area contributed by atoms with Crippen molar-refractivity contribution >= 4 is 33.2 Å². The van der Waals surface area contributed by atoms with Crippen LogP contribution in [-0.2, 0) is 0 Å². The van der Waals surface area contributed by atoms with E-state index in [1.54, 1.807) is 0 Å². The largest absolute Gasteiger partial charge is 0.379 e. The topological polar surface area (TPSA) is 88.8 Å². The van der Waals surface area contributed by atoms with Gasteiger partial charge in [0.05, 0.1) is 22.2 Å². The van der Waals surface area contributed by atoms with Crippen molar-refractivity contribution in [2.24, 2.45) is 5.92 Å². The third-order valence-corrected chi connectivity index (χ3v) is 8.06. The van der Waals surface area contributed by atoms with E-state index in [4.69, 9.17) is 4.98 Å². The zero-order valence-corrected chi connectivity index (χ0v) is 19.7. The number of fused-ring (bicyclic) bond motifs is 5. The van der Waals surface area contributed by atoms with Crippen LogP contribution >= 0.6 is 0 Å². The van der Waals surface area contributed by atoms with Gasteiger partial charge in [-0.05, 0) is 80.2 Å². The number of imidazole rings is 1. The summed E-state index contributed by atoms with van der Waals surface area (Å²) in [5.74, 6) is 1.25. The lowest BCUT2D eigenvalue weighted by molar-refractivity contribution is 0.0976. The molecule has 0 amide bonds. The molecule has 0 radical (unpaired) electrons. The highest BCUT2D eigenvalue weighted by atomic mass is 16.1. The molecule has 3 fully saturated rings. The molecule has 35 heavy (non-hydrogen) atoms. The van der Waals surface area contributed by atoms with Gasteiger partial charge >= 0.3 is 0 Å². The van der Waals surface area contributed by atoms with Gasteiger partial charge in [-0.25, -0.2) is 4.98 Å². The maximum atomic E-state index is 13.5. The highest BCUT2D eigenvalue weighted by molar-refractivity contribution is 6.00. The van der Waals surface area contributed by atoms with Crippen molar-refractivity contribution in [3.8, 4) is 11.4 Å². The summed E-state index contributed by atoms with van der Waals surface area (Å²) in [6.07, 6.45) is 5.71. The third kappa shape index (κ3) is 3.66. The second-order valence-corrected chi connectivity index (χ2v) is 10.1. The van der Waals surface area contributed by atoms with Crippen molar-refractivity contribution in [1.82, 2.24) is 25.2 Å².